The first kappa shape index (κ1) is 24.3. The fraction of sp³-hybridized carbons (Fsp3) is 0.955. The second-order valence-electron chi connectivity index (χ2n) is 7.56. The van der Waals surface area contributed by atoms with E-state index in [-0.39, 0.29) is 12.2 Å². The minimum absolute atomic E-state index is 0.0339. The highest BCUT2D eigenvalue weighted by Gasteiger charge is 2.06. The molecule has 0 bridgehead atoms. The summed E-state index contributed by atoms with van der Waals surface area (Å²) >= 11 is 0. The third-order valence-electron chi connectivity index (χ3n) is 4.98. The SMILES string of the molecule is CCCCCCCCCCCCCCCCCCC(C)OC(=O)NC. The number of nitrogens with one attached hydrogen (secondary N) is 1. The highest BCUT2D eigenvalue weighted by molar-refractivity contribution is 5.66. The standard InChI is InChI=1S/C22H45NO2/c1-4-5-6-7-8-9-10-11-12-13-14-15-16-17-18-19-20-21(2)25-22(24)23-3/h21H,4-20H2,1-3H3,(H,23,24). The third-order valence-corrected chi connectivity index (χ3v) is 4.98. The minimum atomic E-state index is -0.316. The normalized spacial score (nSPS) is 12.1. The van der Waals surface area contributed by atoms with Gasteiger partial charge in [-0.25, -0.2) is 4.79 Å². The van der Waals surface area contributed by atoms with Crippen molar-refractivity contribution in [2.24, 2.45) is 0 Å². The molecule has 1 amide bonds. The van der Waals surface area contributed by atoms with E-state index in [0.29, 0.717) is 0 Å². The Labute approximate surface area is 157 Å². The number of amides is 1. The van der Waals surface area contributed by atoms with Crippen molar-refractivity contribution in [2.75, 3.05) is 7.05 Å². The molecule has 0 aromatic rings. The van der Waals surface area contributed by atoms with Gasteiger partial charge in [0.05, 0.1) is 0 Å². The zero-order valence-corrected chi connectivity index (χ0v) is 17.4. The lowest BCUT2D eigenvalue weighted by Crippen LogP contribution is -2.24. The molecule has 0 fully saturated rings. The van der Waals surface area contributed by atoms with Crippen LogP contribution in [0.4, 0.5) is 4.79 Å². The van der Waals surface area contributed by atoms with E-state index < -0.39 is 0 Å². The maximum absolute atomic E-state index is 11.1. The number of rotatable bonds is 18. The van der Waals surface area contributed by atoms with Gasteiger partial charge >= 0.3 is 6.09 Å². The van der Waals surface area contributed by atoms with Crippen molar-refractivity contribution >= 4 is 6.09 Å². The molecular formula is C22H45NO2. The van der Waals surface area contributed by atoms with Crippen LogP contribution >= 0.6 is 0 Å². The summed E-state index contributed by atoms with van der Waals surface area (Å²) in [6.45, 7) is 4.26. The number of alkyl carbamates (subject to hydrolysis) is 1. The number of carbonyl (C=O) groups is 1. The molecule has 0 aromatic heterocycles. The number of unbranched alkanes of at least 4 members (excludes halogenated alkanes) is 15. The summed E-state index contributed by atoms with van der Waals surface area (Å²) in [4.78, 5) is 11.1. The summed E-state index contributed by atoms with van der Waals surface area (Å²) in [5.74, 6) is 0. The average molecular weight is 356 g/mol. The topological polar surface area (TPSA) is 38.3 Å². The van der Waals surface area contributed by atoms with Gasteiger partial charge < -0.3 is 10.1 Å². The second-order valence-corrected chi connectivity index (χ2v) is 7.56. The van der Waals surface area contributed by atoms with Crippen molar-refractivity contribution in [3.63, 3.8) is 0 Å². The Balaban J connectivity index is 3.10. The average Bonchev–Trinajstić information content (AvgIpc) is 2.61. The molecule has 0 spiro atoms. The van der Waals surface area contributed by atoms with Crippen molar-refractivity contribution in [3.05, 3.63) is 0 Å². The maximum atomic E-state index is 11.1. The summed E-state index contributed by atoms with van der Waals surface area (Å²) in [6.07, 6.45) is 22.9. The van der Waals surface area contributed by atoms with Crippen molar-refractivity contribution in [3.8, 4) is 0 Å². The molecule has 0 rings (SSSR count). The molecule has 1 N–H and O–H groups in total. The van der Waals surface area contributed by atoms with Crippen LogP contribution in [0, 0.1) is 0 Å². The Morgan fingerprint density at radius 3 is 1.44 bits per heavy atom. The minimum Gasteiger partial charge on any atom is -0.447 e. The van der Waals surface area contributed by atoms with Crippen molar-refractivity contribution in [2.45, 2.75) is 129 Å². The third kappa shape index (κ3) is 19.4. The van der Waals surface area contributed by atoms with Gasteiger partial charge in [-0.1, -0.05) is 103 Å². The Morgan fingerprint density at radius 1 is 0.720 bits per heavy atom. The van der Waals surface area contributed by atoms with Gasteiger partial charge in [0.2, 0.25) is 0 Å². The Kier molecular flexibility index (Phi) is 19.0. The van der Waals surface area contributed by atoms with Crippen molar-refractivity contribution in [1.29, 1.82) is 0 Å². The largest absolute Gasteiger partial charge is 0.447 e. The van der Waals surface area contributed by atoms with Gasteiger partial charge in [-0.2, -0.15) is 0 Å². The highest BCUT2D eigenvalue weighted by atomic mass is 16.6. The molecule has 25 heavy (non-hydrogen) atoms. The summed E-state index contributed by atoms with van der Waals surface area (Å²) in [7, 11) is 1.60. The molecule has 1 atom stereocenters. The first-order valence-corrected chi connectivity index (χ1v) is 11.1. The lowest BCUT2D eigenvalue weighted by molar-refractivity contribution is 0.102. The number of hydrogen-bond donors (Lipinski definition) is 1. The monoisotopic (exact) mass is 355 g/mol. The van der Waals surface area contributed by atoms with Crippen molar-refractivity contribution in [1.82, 2.24) is 5.32 Å². The quantitative estimate of drug-likeness (QED) is 0.260. The van der Waals surface area contributed by atoms with Crippen LogP contribution in [0.3, 0.4) is 0 Å². The molecule has 3 nitrogen and oxygen atoms in total. The predicted octanol–water partition coefficient (Wildman–Crippen LogP) is 7.38. The first-order valence-electron chi connectivity index (χ1n) is 11.1. The molecular weight excluding hydrogens is 310 g/mol. The van der Waals surface area contributed by atoms with Crippen LogP contribution in [0.25, 0.3) is 0 Å². The smallest absolute Gasteiger partial charge is 0.407 e. The van der Waals surface area contributed by atoms with Crippen LogP contribution in [0.2, 0.25) is 0 Å². The molecule has 1 unspecified atom stereocenters. The van der Waals surface area contributed by atoms with E-state index in [0.717, 1.165) is 12.8 Å². The summed E-state index contributed by atoms with van der Waals surface area (Å²) in [5.41, 5.74) is 0. The Morgan fingerprint density at radius 2 is 1.08 bits per heavy atom. The van der Waals surface area contributed by atoms with Gasteiger partial charge in [-0.15, -0.1) is 0 Å². The summed E-state index contributed by atoms with van der Waals surface area (Å²) in [5, 5.41) is 2.49. The van der Waals surface area contributed by atoms with Crippen LogP contribution in [-0.4, -0.2) is 19.2 Å². The van der Waals surface area contributed by atoms with Crippen LogP contribution in [0.1, 0.15) is 123 Å². The molecule has 0 saturated heterocycles. The molecule has 0 saturated carbocycles. The van der Waals surface area contributed by atoms with E-state index in [2.05, 4.69) is 12.2 Å². The summed E-state index contributed by atoms with van der Waals surface area (Å²) < 4.78 is 5.17. The van der Waals surface area contributed by atoms with E-state index in [9.17, 15) is 4.79 Å². The number of hydrogen-bond acceptors (Lipinski definition) is 2. The molecule has 0 aliphatic heterocycles. The van der Waals surface area contributed by atoms with Crippen LogP contribution in [0.15, 0.2) is 0 Å². The van der Waals surface area contributed by atoms with E-state index in [1.54, 1.807) is 7.05 Å². The van der Waals surface area contributed by atoms with Gasteiger partial charge in [-0.3, -0.25) is 0 Å². The molecule has 0 aliphatic carbocycles. The first-order chi connectivity index (χ1) is 12.2. The van der Waals surface area contributed by atoms with Crippen LogP contribution in [0.5, 0.6) is 0 Å². The predicted molar refractivity (Wildman–Crippen MR) is 109 cm³/mol. The van der Waals surface area contributed by atoms with Gasteiger partial charge in [0.15, 0.2) is 0 Å². The van der Waals surface area contributed by atoms with E-state index in [4.69, 9.17) is 4.74 Å². The lowest BCUT2D eigenvalue weighted by Gasteiger charge is -2.12. The van der Waals surface area contributed by atoms with E-state index >= 15 is 0 Å². The van der Waals surface area contributed by atoms with Gasteiger partial charge in [0.1, 0.15) is 6.10 Å². The molecule has 0 radical (unpaired) electrons. The van der Waals surface area contributed by atoms with Gasteiger partial charge in [-0.05, 0) is 19.8 Å². The van der Waals surface area contributed by atoms with Gasteiger partial charge in [0.25, 0.3) is 0 Å². The number of carbonyl (C=O) groups excluding carboxylic acids is 1. The van der Waals surface area contributed by atoms with Crippen molar-refractivity contribution < 1.29 is 9.53 Å². The Bertz CT molecular complexity index is 281. The molecule has 0 aliphatic rings. The van der Waals surface area contributed by atoms with Gasteiger partial charge in [0, 0.05) is 7.05 Å². The molecule has 0 heterocycles. The number of ether oxygens (including phenoxy) is 1. The zero-order valence-electron chi connectivity index (χ0n) is 17.4. The maximum Gasteiger partial charge on any atom is 0.407 e. The van der Waals surface area contributed by atoms with Crippen LogP contribution < -0.4 is 5.32 Å². The Hall–Kier alpha value is -0.730. The highest BCUT2D eigenvalue weighted by Crippen LogP contribution is 2.14. The summed E-state index contributed by atoms with van der Waals surface area (Å²) in [6, 6.07) is 0. The molecule has 150 valence electrons. The second kappa shape index (κ2) is 19.6. The van der Waals surface area contributed by atoms with Crippen LogP contribution in [-0.2, 0) is 4.74 Å². The lowest BCUT2D eigenvalue weighted by atomic mass is 10.0. The fourth-order valence-electron chi connectivity index (χ4n) is 3.28. The molecule has 0 aromatic carbocycles. The van der Waals surface area contributed by atoms with E-state index in [1.807, 2.05) is 6.92 Å². The van der Waals surface area contributed by atoms with E-state index in [1.165, 1.54) is 96.3 Å². The zero-order chi connectivity index (χ0) is 18.6. The molecule has 3 heteroatoms. The fourth-order valence-corrected chi connectivity index (χ4v) is 3.28.